The van der Waals surface area contributed by atoms with Gasteiger partial charge < -0.3 is 0 Å². The second kappa shape index (κ2) is 3.23. The van der Waals surface area contributed by atoms with E-state index in [9.17, 15) is 0 Å². The SMILES string of the molecule is Cc1nn(C)cc1-c1csc(Br)n1. The highest BCUT2D eigenvalue weighted by Gasteiger charge is 2.08. The smallest absolute Gasteiger partial charge is 0.159 e. The standard InChI is InChI=1S/C8H8BrN3S/c1-5-6(3-12(2)11-5)7-4-13-8(9)10-7/h3-4H,1-2H3. The molecule has 2 aromatic heterocycles. The molecule has 0 aromatic carbocycles. The van der Waals surface area contributed by atoms with Crippen molar-refractivity contribution < 1.29 is 0 Å². The maximum atomic E-state index is 4.34. The van der Waals surface area contributed by atoms with E-state index in [1.54, 1.807) is 16.0 Å². The fourth-order valence-electron chi connectivity index (χ4n) is 1.23. The van der Waals surface area contributed by atoms with Gasteiger partial charge in [-0.2, -0.15) is 5.10 Å². The molecule has 0 atom stereocenters. The Kier molecular flexibility index (Phi) is 2.21. The Hall–Kier alpha value is -0.680. The lowest BCUT2D eigenvalue weighted by Crippen LogP contribution is -1.86. The van der Waals surface area contributed by atoms with Gasteiger partial charge in [0.05, 0.1) is 11.4 Å². The predicted molar refractivity (Wildman–Crippen MR) is 56.8 cm³/mol. The average molecular weight is 258 g/mol. The summed E-state index contributed by atoms with van der Waals surface area (Å²) in [5.74, 6) is 0. The molecule has 0 aliphatic carbocycles. The van der Waals surface area contributed by atoms with Gasteiger partial charge in [0.1, 0.15) is 0 Å². The Labute approximate surface area is 88.6 Å². The van der Waals surface area contributed by atoms with E-state index in [2.05, 4.69) is 26.0 Å². The van der Waals surface area contributed by atoms with Gasteiger partial charge in [0.2, 0.25) is 0 Å². The van der Waals surface area contributed by atoms with Gasteiger partial charge in [-0.25, -0.2) is 4.98 Å². The minimum Gasteiger partial charge on any atom is -0.275 e. The van der Waals surface area contributed by atoms with Crippen LogP contribution in [0.3, 0.4) is 0 Å². The van der Waals surface area contributed by atoms with Gasteiger partial charge in [0.25, 0.3) is 0 Å². The second-order valence-electron chi connectivity index (χ2n) is 2.79. The fourth-order valence-corrected chi connectivity index (χ4v) is 2.24. The van der Waals surface area contributed by atoms with Crippen molar-refractivity contribution in [3.8, 4) is 11.3 Å². The normalized spacial score (nSPS) is 10.7. The summed E-state index contributed by atoms with van der Waals surface area (Å²) in [6, 6.07) is 0. The van der Waals surface area contributed by atoms with Crippen LogP contribution in [0.15, 0.2) is 15.5 Å². The van der Waals surface area contributed by atoms with Gasteiger partial charge in [-0.3, -0.25) is 4.68 Å². The van der Waals surface area contributed by atoms with Crippen molar-refractivity contribution in [2.75, 3.05) is 0 Å². The number of rotatable bonds is 1. The molecule has 0 saturated heterocycles. The summed E-state index contributed by atoms with van der Waals surface area (Å²) < 4.78 is 2.71. The summed E-state index contributed by atoms with van der Waals surface area (Å²) in [6.07, 6.45) is 1.98. The van der Waals surface area contributed by atoms with Crippen LogP contribution in [-0.4, -0.2) is 14.8 Å². The Morgan fingerprint density at radius 2 is 2.31 bits per heavy atom. The van der Waals surface area contributed by atoms with E-state index in [0.29, 0.717) is 0 Å². The van der Waals surface area contributed by atoms with Crippen LogP contribution < -0.4 is 0 Å². The topological polar surface area (TPSA) is 30.7 Å². The first kappa shape index (κ1) is 8.90. The number of hydrogen-bond acceptors (Lipinski definition) is 3. The van der Waals surface area contributed by atoms with Gasteiger partial charge in [-0.05, 0) is 22.9 Å². The molecule has 13 heavy (non-hydrogen) atoms. The molecular formula is C8H8BrN3S. The molecule has 0 radical (unpaired) electrons. The number of aromatic nitrogens is 3. The van der Waals surface area contributed by atoms with Crippen LogP contribution in [0.5, 0.6) is 0 Å². The van der Waals surface area contributed by atoms with Crippen LogP contribution in [-0.2, 0) is 7.05 Å². The summed E-state index contributed by atoms with van der Waals surface area (Å²) in [5, 5.41) is 6.28. The Bertz CT molecular complexity index is 432. The minimum absolute atomic E-state index is 0.908. The Morgan fingerprint density at radius 1 is 1.54 bits per heavy atom. The molecule has 0 aliphatic rings. The predicted octanol–water partition coefficient (Wildman–Crippen LogP) is 2.61. The van der Waals surface area contributed by atoms with Gasteiger partial charge in [-0.1, -0.05) is 0 Å². The molecule has 0 spiro atoms. The van der Waals surface area contributed by atoms with Gasteiger partial charge in [-0.15, -0.1) is 11.3 Å². The lowest BCUT2D eigenvalue weighted by atomic mass is 10.2. The highest BCUT2D eigenvalue weighted by atomic mass is 79.9. The van der Waals surface area contributed by atoms with E-state index in [0.717, 1.165) is 20.9 Å². The van der Waals surface area contributed by atoms with Crippen LogP contribution >= 0.6 is 27.3 Å². The number of nitrogens with zero attached hydrogens (tertiary/aromatic N) is 3. The van der Waals surface area contributed by atoms with Crippen molar-refractivity contribution in [3.05, 3.63) is 21.2 Å². The zero-order valence-corrected chi connectivity index (χ0v) is 9.69. The highest BCUT2D eigenvalue weighted by molar-refractivity contribution is 9.11. The number of hydrogen-bond donors (Lipinski definition) is 0. The molecule has 3 nitrogen and oxygen atoms in total. The maximum Gasteiger partial charge on any atom is 0.159 e. The molecule has 5 heteroatoms. The zero-order valence-electron chi connectivity index (χ0n) is 7.28. The molecule has 0 fully saturated rings. The van der Waals surface area contributed by atoms with E-state index >= 15 is 0 Å². The molecule has 0 saturated carbocycles. The van der Waals surface area contributed by atoms with Crippen molar-refractivity contribution in [2.45, 2.75) is 6.92 Å². The molecule has 2 rings (SSSR count). The summed E-state index contributed by atoms with van der Waals surface area (Å²) in [4.78, 5) is 4.34. The third-order valence-corrected chi connectivity index (χ3v) is 3.13. The van der Waals surface area contributed by atoms with Crippen LogP contribution in [0.25, 0.3) is 11.3 Å². The number of aryl methyl sites for hydroxylation is 2. The first-order valence-corrected chi connectivity index (χ1v) is 5.46. The largest absolute Gasteiger partial charge is 0.275 e. The molecular weight excluding hydrogens is 250 g/mol. The number of thiazole rings is 1. The van der Waals surface area contributed by atoms with E-state index in [-0.39, 0.29) is 0 Å². The number of halogens is 1. The molecule has 0 bridgehead atoms. The van der Waals surface area contributed by atoms with E-state index in [1.807, 2.05) is 25.5 Å². The first-order valence-electron chi connectivity index (χ1n) is 3.78. The molecule has 2 aromatic rings. The van der Waals surface area contributed by atoms with Gasteiger partial charge in [0, 0.05) is 24.2 Å². The fraction of sp³-hybridized carbons (Fsp3) is 0.250. The zero-order chi connectivity index (χ0) is 9.42. The van der Waals surface area contributed by atoms with Crippen molar-refractivity contribution in [1.82, 2.24) is 14.8 Å². The molecule has 0 N–H and O–H groups in total. The van der Waals surface area contributed by atoms with Crippen molar-refractivity contribution in [3.63, 3.8) is 0 Å². The minimum atomic E-state index is 0.908. The first-order chi connectivity index (χ1) is 6.16. The summed E-state index contributed by atoms with van der Waals surface area (Å²) in [5.41, 5.74) is 3.10. The summed E-state index contributed by atoms with van der Waals surface area (Å²) in [7, 11) is 1.91. The molecule has 0 amide bonds. The Balaban J connectivity index is 2.51. The van der Waals surface area contributed by atoms with Gasteiger partial charge in [0.15, 0.2) is 3.92 Å². The third kappa shape index (κ3) is 1.66. The van der Waals surface area contributed by atoms with Crippen LogP contribution in [0.2, 0.25) is 0 Å². The third-order valence-electron chi connectivity index (χ3n) is 1.77. The lowest BCUT2D eigenvalue weighted by molar-refractivity contribution is 0.756. The van der Waals surface area contributed by atoms with Gasteiger partial charge >= 0.3 is 0 Å². The molecule has 0 aliphatic heterocycles. The quantitative estimate of drug-likeness (QED) is 0.787. The molecule has 2 heterocycles. The van der Waals surface area contributed by atoms with Crippen LogP contribution in [0.4, 0.5) is 0 Å². The van der Waals surface area contributed by atoms with E-state index in [1.165, 1.54) is 0 Å². The lowest BCUT2D eigenvalue weighted by Gasteiger charge is -1.89. The van der Waals surface area contributed by atoms with E-state index in [4.69, 9.17) is 0 Å². The van der Waals surface area contributed by atoms with Crippen LogP contribution in [0.1, 0.15) is 5.69 Å². The molecule has 0 unspecified atom stereocenters. The highest BCUT2D eigenvalue weighted by Crippen LogP contribution is 2.26. The second-order valence-corrected chi connectivity index (χ2v) is 4.92. The van der Waals surface area contributed by atoms with E-state index < -0.39 is 0 Å². The van der Waals surface area contributed by atoms with Crippen molar-refractivity contribution in [1.29, 1.82) is 0 Å². The summed E-state index contributed by atoms with van der Waals surface area (Å²) in [6.45, 7) is 1.99. The van der Waals surface area contributed by atoms with Crippen LogP contribution in [0, 0.1) is 6.92 Å². The van der Waals surface area contributed by atoms with Crippen molar-refractivity contribution in [2.24, 2.45) is 7.05 Å². The molecule has 68 valence electrons. The van der Waals surface area contributed by atoms with Crippen molar-refractivity contribution >= 4 is 27.3 Å². The monoisotopic (exact) mass is 257 g/mol. The maximum absolute atomic E-state index is 4.34. The summed E-state index contributed by atoms with van der Waals surface area (Å²) >= 11 is 4.93. The Morgan fingerprint density at radius 3 is 2.77 bits per heavy atom. The average Bonchev–Trinajstić information content (AvgIpc) is 2.58.